The van der Waals surface area contributed by atoms with Crippen LogP contribution in [0.15, 0.2) is 83.3 Å². The third kappa shape index (κ3) is 9.54. The van der Waals surface area contributed by atoms with Crippen LogP contribution in [0.3, 0.4) is 0 Å². The summed E-state index contributed by atoms with van der Waals surface area (Å²) < 4.78 is 12.7. The van der Waals surface area contributed by atoms with E-state index in [1.54, 1.807) is 17.8 Å². The van der Waals surface area contributed by atoms with E-state index in [0.717, 1.165) is 58.6 Å². The number of benzene rings is 3. The van der Waals surface area contributed by atoms with Crippen molar-refractivity contribution in [3.05, 3.63) is 106 Å². The summed E-state index contributed by atoms with van der Waals surface area (Å²) in [6, 6.07) is 23.9. The number of carboxylic acids is 1. The number of unbranched alkanes of at least 4 members (excludes halogenated alkanes) is 1. The molecule has 6 nitrogen and oxygen atoms in total. The normalized spacial score (nSPS) is 12.3. The second-order valence-electron chi connectivity index (χ2n) is 10.5. The summed E-state index contributed by atoms with van der Waals surface area (Å²) >= 11 is 7.60. The minimum atomic E-state index is -1.04. The SMILES string of the molecule is CCCCC(OCc1ccc(C(=O)NC(CCSC)C(=O)O)c(-c2ccccc2C)c1)c1ccc(-c2ccc(Cl)cc2)o1.[LiH]. The summed E-state index contributed by atoms with van der Waals surface area (Å²) in [5, 5.41) is 13.1. The van der Waals surface area contributed by atoms with Crippen molar-refractivity contribution < 1.29 is 23.8 Å². The zero-order chi connectivity index (χ0) is 30.8. The van der Waals surface area contributed by atoms with Crippen LogP contribution in [0.4, 0.5) is 0 Å². The Balaban J connectivity index is 0.00000529. The summed E-state index contributed by atoms with van der Waals surface area (Å²) in [5.41, 5.74) is 4.93. The number of aryl methyl sites for hydroxylation is 1. The molecule has 0 fully saturated rings. The van der Waals surface area contributed by atoms with Crippen LogP contribution in [0.1, 0.15) is 66.0 Å². The van der Waals surface area contributed by atoms with Crippen LogP contribution < -0.4 is 5.32 Å². The first kappa shape index (κ1) is 35.6. The molecule has 44 heavy (non-hydrogen) atoms. The van der Waals surface area contributed by atoms with Gasteiger partial charge >= 0.3 is 24.8 Å². The Morgan fingerprint density at radius 3 is 2.43 bits per heavy atom. The van der Waals surface area contributed by atoms with Crippen LogP contribution in [0.2, 0.25) is 5.02 Å². The van der Waals surface area contributed by atoms with Gasteiger partial charge in [0.05, 0.1) is 6.61 Å². The van der Waals surface area contributed by atoms with Gasteiger partial charge in [0.15, 0.2) is 0 Å². The minimum absolute atomic E-state index is 0. The van der Waals surface area contributed by atoms with Gasteiger partial charge in [-0.05, 0) is 103 Å². The van der Waals surface area contributed by atoms with Gasteiger partial charge in [-0.2, -0.15) is 11.8 Å². The predicted octanol–water partition coefficient (Wildman–Crippen LogP) is 8.31. The van der Waals surface area contributed by atoms with E-state index in [0.29, 0.717) is 29.4 Å². The molecule has 2 unspecified atom stereocenters. The third-order valence-corrected chi connectivity index (χ3v) is 8.22. The summed E-state index contributed by atoms with van der Waals surface area (Å²) in [6.07, 6.45) is 4.84. The van der Waals surface area contributed by atoms with E-state index >= 15 is 0 Å². The van der Waals surface area contributed by atoms with Crippen LogP contribution >= 0.6 is 23.4 Å². The molecular formula is C35H39ClLiNO5S. The van der Waals surface area contributed by atoms with E-state index in [1.807, 2.05) is 86.0 Å². The fourth-order valence-corrected chi connectivity index (χ4v) is 5.49. The van der Waals surface area contributed by atoms with Crippen molar-refractivity contribution in [1.29, 1.82) is 0 Å². The van der Waals surface area contributed by atoms with E-state index in [-0.39, 0.29) is 25.0 Å². The number of aliphatic carboxylic acids is 1. The van der Waals surface area contributed by atoms with Crippen LogP contribution in [0.5, 0.6) is 0 Å². The molecule has 0 spiro atoms. The van der Waals surface area contributed by atoms with E-state index in [4.69, 9.17) is 20.8 Å². The number of rotatable bonds is 15. The van der Waals surface area contributed by atoms with Gasteiger partial charge < -0.3 is 19.6 Å². The van der Waals surface area contributed by atoms with Crippen molar-refractivity contribution >= 4 is 54.1 Å². The second-order valence-corrected chi connectivity index (χ2v) is 11.9. The van der Waals surface area contributed by atoms with Crippen LogP contribution in [0.25, 0.3) is 22.5 Å². The molecule has 4 rings (SSSR count). The fourth-order valence-electron chi connectivity index (χ4n) is 4.90. The average molecular weight is 628 g/mol. The fraction of sp³-hybridized carbons (Fsp3) is 0.314. The molecule has 0 aliphatic carbocycles. The summed E-state index contributed by atoms with van der Waals surface area (Å²) in [4.78, 5) is 25.2. The molecule has 1 heterocycles. The molecule has 228 valence electrons. The molecule has 1 amide bonds. The molecular weight excluding hydrogens is 589 g/mol. The number of thioether (sulfide) groups is 1. The predicted molar refractivity (Wildman–Crippen MR) is 182 cm³/mol. The number of carbonyl (C=O) groups excluding carboxylic acids is 1. The van der Waals surface area contributed by atoms with Gasteiger partial charge in [-0.3, -0.25) is 4.79 Å². The molecule has 0 bridgehead atoms. The van der Waals surface area contributed by atoms with Crippen molar-refractivity contribution in [2.45, 2.75) is 58.3 Å². The first-order valence-corrected chi connectivity index (χ1v) is 16.3. The first-order valence-electron chi connectivity index (χ1n) is 14.5. The van der Waals surface area contributed by atoms with E-state index in [9.17, 15) is 14.7 Å². The number of hydrogen-bond donors (Lipinski definition) is 2. The topological polar surface area (TPSA) is 88.8 Å². The van der Waals surface area contributed by atoms with Crippen molar-refractivity contribution in [3.63, 3.8) is 0 Å². The number of carboxylic acid groups (broad SMARTS) is 1. The van der Waals surface area contributed by atoms with Crippen molar-refractivity contribution in [2.75, 3.05) is 12.0 Å². The standard InChI is InChI=1S/C35H38ClNO5S.Li.H/c1-4-5-10-32(33-18-17-31(42-33)25-12-14-26(36)15-13-25)41-22-24-11-16-28(29(21-24)27-9-7-6-8-23(27)2)34(38)37-30(35(39)40)19-20-43-3;;/h6-9,11-18,21,30,32H,4-5,10,19-20,22H2,1-3H3,(H,37,38)(H,39,40);;. The van der Waals surface area contributed by atoms with E-state index < -0.39 is 17.9 Å². The Morgan fingerprint density at radius 2 is 1.75 bits per heavy atom. The molecule has 9 heteroatoms. The first-order chi connectivity index (χ1) is 20.8. The summed E-state index contributed by atoms with van der Waals surface area (Å²) in [6.45, 7) is 4.46. The quantitative estimate of drug-likeness (QED) is 0.129. The number of amides is 1. The number of furan rings is 1. The van der Waals surface area contributed by atoms with Crippen LogP contribution in [-0.2, 0) is 16.1 Å². The zero-order valence-corrected chi connectivity index (χ0v) is 26.3. The summed E-state index contributed by atoms with van der Waals surface area (Å²) in [5.74, 6) is 0.698. The van der Waals surface area contributed by atoms with Crippen LogP contribution in [0, 0.1) is 6.92 Å². The van der Waals surface area contributed by atoms with Crippen molar-refractivity contribution in [1.82, 2.24) is 5.32 Å². The van der Waals surface area contributed by atoms with Crippen LogP contribution in [-0.4, -0.2) is 53.9 Å². The molecule has 0 aliphatic rings. The van der Waals surface area contributed by atoms with Gasteiger partial charge in [0.2, 0.25) is 0 Å². The Hall–Kier alpha value is -2.92. The molecule has 2 N–H and O–H groups in total. The number of halogens is 1. The Bertz CT molecular complexity index is 1520. The van der Waals surface area contributed by atoms with Gasteiger partial charge in [0.1, 0.15) is 23.7 Å². The molecule has 0 saturated carbocycles. The Labute approximate surface area is 281 Å². The molecule has 3 aromatic carbocycles. The number of hydrogen-bond acceptors (Lipinski definition) is 5. The maximum atomic E-state index is 13.4. The Morgan fingerprint density at radius 1 is 1.00 bits per heavy atom. The molecule has 1 aromatic heterocycles. The number of nitrogens with one attached hydrogen (secondary N) is 1. The number of ether oxygens (including phenoxy) is 1. The molecule has 0 saturated heterocycles. The van der Waals surface area contributed by atoms with Gasteiger partial charge in [0, 0.05) is 16.1 Å². The van der Waals surface area contributed by atoms with Crippen molar-refractivity contribution in [3.8, 4) is 22.5 Å². The second kappa shape index (κ2) is 17.5. The van der Waals surface area contributed by atoms with Crippen molar-refractivity contribution in [2.24, 2.45) is 0 Å². The van der Waals surface area contributed by atoms with Gasteiger partial charge in [-0.15, -0.1) is 0 Å². The zero-order valence-electron chi connectivity index (χ0n) is 24.8. The maximum absolute atomic E-state index is 13.4. The molecule has 2 atom stereocenters. The molecule has 4 aromatic rings. The van der Waals surface area contributed by atoms with E-state index in [1.165, 1.54) is 0 Å². The van der Waals surface area contributed by atoms with Gasteiger partial charge in [-0.1, -0.05) is 61.7 Å². The molecule has 0 aliphatic heterocycles. The average Bonchev–Trinajstić information content (AvgIpc) is 3.49. The Kier molecular flexibility index (Phi) is 14.2. The molecule has 0 radical (unpaired) electrons. The third-order valence-electron chi connectivity index (χ3n) is 7.32. The summed E-state index contributed by atoms with van der Waals surface area (Å²) in [7, 11) is 0. The van der Waals surface area contributed by atoms with Gasteiger partial charge in [-0.25, -0.2) is 4.79 Å². The van der Waals surface area contributed by atoms with E-state index in [2.05, 4.69) is 12.2 Å². The number of carbonyl (C=O) groups is 2. The van der Waals surface area contributed by atoms with Gasteiger partial charge in [0.25, 0.3) is 5.91 Å². The monoisotopic (exact) mass is 627 g/mol.